The number of fused-ring (bicyclic) bond motifs is 1. The molecule has 7 nitrogen and oxygen atoms in total. The molecule has 0 spiro atoms. The molecule has 0 unspecified atom stereocenters. The van der Waals surface area contributed by atoms with Gasteiger partial charge in [-0.2, -0.15) is 0 Å². The summed E-state index contributed by atoms with van der Waals surface area (Å²) in [5.74, 6) is -1.02. The van der Waals surface area contributed by atoms with Gasteiger partial charge in [-0.15, -0.1) is 0 Å². The number of hydrogen-bond donors (Lipinski definition) is 1. The molecule has 0 aromatic carbocycles. The van der Waals surface area contributed by atoms with Crippen LogP contribution in [0.2, 0.25) is 0 Å². The Morgan fingerprint density at radius 3 is 2.59 bits per heavy atom. The molecule has 0 bridgehead atoms. The van der Waals surface area contributed by atoms with Gasteiger partial charge in [0, 0.05) is 13.0 Å². The van der Waals surface area contributed by atoms with Gasteiger partial charge in [-0.3, -0.25) is 0 Å². The molecule has 1 aliphatic heterocycles. The van der Waals surface area contributed by atoms with Crippen LogP contribution in [0, 0.1) is 0 Å². The number of aromatic nitrogens is 1. The van der Waals surface area contributed by atoms with Gasteiger partial charge in [0.15, 0.2) is 0 Å². The zero-order valence-corrected chi connectivity index (χ0v) is 13.2. The Morgan fingerprint density at radius 1 is 1.36 bits per heavy atom. The van der Waals surface area contributed by atoms with E-state index in [-0.39, 0.29) is 18.0 Å². The van der Waals surface area contributed by atoms with Crippen molar-refractivity contribution in [1.82, 2.24) is 9.88 Å². The van der Waals surface area contributed by atoms with E-state index in [1.807, 2.05) is 0 Å². The van der Waals surface area contributed by atoms with Gasteiger partial charge in [0.25, 0.3) is 0 Å². The first-order valence-corrected chi connectivity index (χ1v) is 6.99. The molecule has 1 N–H and O–H groups in total. The number of carboxylic acid groups (broad SMARTS) is 1. The highest BCUT2D eigenvalue weighted by atomic mass is 16.6. The summed E-state index contributed by atoms with van der Waals surface area (Å²) < 4.78 is 10.4. The molecule has 0 atom stereocenters. The van der Waals surface area contributed by atoms with Crippen molar-refractivity contribution in [3.8, 4) is 5.88 Å². The molecule has 0 saturated carbocycles. The molecule has 7 heteroatoms. The Bertz CT molecular complexity index is 607. The number of ether oxygens (including phenoxy) is 2. The summed E-state index contributed by atoms with van der Waals surface area (Å²) in [5, 5.41) is 9.20. The first kappa shape index (κ1) is 16.1. The minimum atomic E-state index is -1.11. The lowest BCUT2D eigenvalue weighted by atomic mass is 10.0. The lowest BCUT2D eigenvalue weighted by Crippen LogP contribution is -2.40. The van der Waals surface area contributed by atoms with Crippen LogP contribution in [0.4, 0.5) is 4.79 Å². The van der Waals surface area contributed by atoms with Crippen molar-refractivity contribution in [2.24, 2.45) is 0 Å². The highest BCUT2D eigenvalue weighted by Gasteiger charge is 2.28. The molecule has 0 aliphatic carbocycles. The lowest BCUT2D eigenvalue weighted by molar-refractivity contribution is 0.0222. The fourth-order valence-electron chi connectivity index (χ4n) is 2.24. The molecule has 2 heterocycles. The minimum absolute atomic E-state index is 0.00714. The summed E-state index contributed by atoms with van der Waals surface area (Å²) in [6.07, 6.45) is 0.121. The molecule has 0 fully saturated rings. The van der Waals surface area contributed by atoms with Crippen molar-refractivity contribution in [2.45, 2.75) is 39.3 Å². The normalized spacial score (nSPS) is 14.3. The number of aromatic carboxylic acids is 1. The third-order valence-corrected chi connectivity index (χ3v) is 3.21. The highest BCUT2D eigenvalue weighted by molar-refractivity contribution is 5.90. The topological polar surface area (TPSA) is 89.0 Å². The summed E-state index contributed by atoms with van der Waals surface area (Å²) in [6, 6.07) is 1.51. The van der Waals surface area contributed by atoms with E-state index in [2.05, 4.69) is 4.98 Å². The van der Waals surface area contributed by atoms with Crippen molar-refractivity contribution in [2.75, 3.05) is 13.7 Å². The highest BCUT2D eigenvalue weighted by Crippen LogP contribution is 2.25. The molecule has 0 radical (unpaired) electrons. The zero-order valence-electron chi connectivity index (χ0n) is 13.2. The van der Waals surface area contributed by atoms with Crippen molar-refractivity contribution in [1.29, 1.82) is 0 Å². The van der Waals surface area contributed by atoms with Crippen LogP contribution < -0.4 is 4.74 Å². The van der Waals surface area contributed by atoms with Crippen molar-refractivity contribution >= 4 is 12.1 Å². The van der Waals surface area contributed by atoms with E-state index in [1.54, 1.807) is 25.7 Å². The van der Waals surface area contributed by atoms with Gasteiger partial charge in [0.05, 0.1) is 19.3 Å². The van der Waals surface area contributed by atoms with E-state index in [4.69, 9.17) is 9.47 Å². The van der Waals surface area contributed by atoms with E-state index in [0.29, 0.717) is 18.5 Å². The molecule has 2 rings (SSSR count). The van der Waals surface area contributed by atoms with Crippen LogP contribution in [0.15, 0.2) is 6.07 Å². The van der Waals surface area contributed by atoms with Crippen LogP contribution in [-0.2, 0) is 17.7 Å². The number of carbonyl (C=O) groups is 2. The SMILES string of the molecule is COc1nc2c(cc1C(=O)O)CN(C(=O)OC(C)(C)C)CC2. The average Bonchev–Trinajstić information content (AvgIpc) is 2.43. The lowest BCUT2D eigenvalue weighted by Gasteiger charge is -2.31. The summed E-state index contributed by atoms with van der Waals surface area (Å²) in [4.78, 5) is 29.1. The number of methoxy groups -OCH3 is 1. The predicted molar refractivity (Wildman–Crippen MR) is 78.1 cm³/mol. The van der Waals surface area contributed by atoms with Crippen LogP contribution in [0.3, 0.4) is 0 Å². The summed E-state index contributed by atoms with van der Waals surface area (Å²) in [7, 11) is 1.39. The molecule has 1 aromatic rings. The number of amides is 1. The number of rotatable bonds is 2. The largest absolute Gasteiger partial charge is 0.480 e. The third kappa shape index (κ3) is 3.47. The Hall–Kier alpha value is -2.31. The second-order valence-corrected chi connectivity index (χ2v) is 6.11. The first-order valence-electron chi connectivity index (χ1n) is 6.99. The first-order chi connectivity index (χ1) is 10.2. The summed E-state index contributed by atoms with van der Waals surface area (Å²) in [6.45, 7) is 6.17. The van der Waals surface area contributed by atoms with Gasteiger partial charge in [-0.25, -0.2) is 14.6 Å². The van der Waals surface area contributed by atoms with Crippen LogP contribution in [0.1, 0.15) is 42.4 Å². The van der Waals surface area contributed by atoms with Crippen molar-refractivity contribution in [3.63, 3.8) is 0 Å². The Labute approximate surface area is 128 Å². The molecule has 1 aliphatic rings. The minimum Gasteiger partial charge on any atom is -0.480 e. The van der Waals surface area contributed by atoms with E-state index >= 15 is 0 Å². The van der Waals surface area contributed by atoms with Crippen molar-refractivity contribution in [3.05, 3.63) is 22.9 Å². The van der Waals surface area contributed by atoms with Gasteiger partial charge in [-0.1, -0.05) is 0 Å². The Kier molecular flexibility index (Phi) is 4.25. The Balaban J connectivity index is 2.25. The number of carboxylic acids is 1. The third-order valence-electron chi connectivity index (χ3n) is 3.21. The smallest absolute Gasteiger partial charge is 0.410 e. The molecule has 0 saturated heterocycles. The summed E-state index contributed by atoms with van der Waals surface area (Å²) in [5.41, 5.74) is 0.881. The van der Waals surface area contributed by atoms with E-state index in [1.165, 1.54) is 13.2 Å². The standard InChI is InChI=1S/C15H20N2O5/c1-15(2,3)22-14(20)17-6-5-11-9(8-17)7-10(13(18)19)12(16-11)21-4/h7H,5-6,8H2,1-4H3,(H,18,19). The van der Waals surface area contributed by atoms with Crippen LogP contribution in [0.25, 0.3) is 0 Å². The molecular weight excluding hydrogens is 288 g/mol. The van der Waals surface area contributed by atoms with Gasteiger partial charge < -0.3 is 19.5 Å². The molecular formula is C15H20N2O5. The second kappa shape index (κ2) is 5.82. The Morgan fingerprint density at radius 2 is 2.05 bits per heavy atom. The average molecular weight is 308 g/mol. The second-order valence-electron chi connectivity index (χ2n) is 6.11. The molecule has 120 valence electrons. The fraction of sp³-hybridized carbons (Fsp3) is 0.533. The quantitative estimate of drug-likeness (QED) is 0.899. The van der Waals surface area contributed by atoms with Crippen LogP contribution in [-0.4, -0.2) is 46.3 Å². The van der Waals surface area contributed by atoms with Gasteiger partial charge >= 0.3 is 12.1 Å². The summed E-state index contributed by atoms with van der Waals surface area (Å²) >= 11 is 0. The number of pyridine rings is 1. The molecule has 1 amide bonds. The maximum atomic E-state index is 12.1. The molecule has 22 heavy (non-hydrogen) atoms. The number of carbonyl (C=O) groups excluding carboxylic acids is 1. The monoisotopic (exact) mass is 308 g/mol. The van der Waals surface area contributed by atoms with Crippen molar-refractivity contribution < 1.29 is 24.2 Å². The van der Waals surface area contributed by atoms with Crippen LogP contribution >= 0.6 is 0 Å². The number of hydrogen-bond acceptors (Lipinski definition) is 5. The van der Waals surface area contributed by atoms with E-state index in [9.17, 15) is 14.7 Å². The zero-order chi connectivity index (χ0) is 16.5. The maximum absolute atomic E-state index is 12.1. The van der Waals surface area contributed by atoms with Gasteiger partial charge in [0.2, 0.25) is 5.88 Å². The van der Waals surface area contributed by atoms with E-state index < -0.39 is 17.7 Å². The van der Waals surface area contributed by atoms with Gasteiger partial charge in [-0.05, 0) is 32.4 Å². The number of nitrogens with zero attached hydrogens (tertiary/aromatic N) is 2. The fourth-order valence-corrected chi connectivity index (χ4v) is 2.24. The van der Waals surface area contributed by atoms with E-state index in [0.717, 1.165) is 5.69 Å². The molecule has 1 aromatic heterocycles. The van der Waals surface area contributed by atoms with Gasteiger partial charge in [0.1, 0.15) is 11.2 Å². The van der Waals surface area contributed by atoms with Crippen LogP contribution in [0.5, 0.6) is 5.88 Å². The maximum Gasteiger partial charge on any atom is 0.410 e. The predicted octanol–water partition coefficient (Wildman–Crippen LogP) is 2.08.